The molecule has 1 aromatic rings. The molecule has 4 N–H and O–H groups in total. The quantitative estimate of drug-likeness (QED) is 0.822. The average Bonchev–Trinajstić information content (AvgIpc) is 2.79. The maximum Gasteiger partial charge on any atom is 0.128 e. The van der Waals surface area contributed by atoms with Gasteiger partial charge in [-0.3, -0.25) is 4.39 Å². The second kappa shape index (κ2) is 5.06. The molecule has 1 aromatic heterocycles. The predicted octanol–water partition coefficient (Wildman–Crippen LogP) is 0.631. The second-order valence-corrected chi connectivity index (χ2v) is 5.76. The molecule has 2 heterocycles. The smallest absolute Gasteiger partial charge is 0.128 e. The van der Waals surface area contributed by atoms with Crippen LogP contribution in [0.5, 0.6) is 0 Å². The Bertz CT molecular complexity index is 465. The van der Waals surface area contributed by atoms with Crippen LogP contribution < -0.4 is 16.4 Å². The largest absolute Gasteiger partial charge is 0.355 e. The van der Waals surface area contributed by atoms with E-state index in [0.717, 1.165) is 30.8 Å². The fourth-order valence-electron chi connectivity index (χ4n) is 3.05. The Kier molecular flexibility index (Phi) is 3.41. The van der Waals surface area contributed by atoms with Gasteiger partial charge in [0.05, 0.1) is 6.67 Å². The van der Waals surface area contributed by atoms with Crippen LogP contribution in [0, 0.1) is 5.92 Å². The highest BCUT2D eigenvalue weighted by Crippen LogP contribution is 2.26. The lowest BCUT2D eigenvalue weighted by Gasteiger charge is -2.23. The molecule has 1 aliphatic heterocycles. The van der Waals surface area contributed by atoms with Crippen molar-refractivity contribution in [2.24, 2.45) is 17.4 Å². The van der Waals surface area contributed by atoms with Gasteiger partial charge in [0.2, 0.25) is 0 Å². The van der Waals surface area contributed by atoms with E-state index >= 15 is 0 Å². The second-order valence-electron chi connectivity index (χ2n) is 5.76. The zero-order chi connectivity index (χ0) is 13.4. The maximum atomic E-state index is 12.8. The van der Waals surface area contributed by atoms with Crippen molar-refractivity contribution in [2.45, 2.75) is 31.3 Å². The van der Waals surface area contributed by atoms with Gasteiger partial charge < -0.3 is 16.4 Å². The van der Waals surface area contributed by atoms with Crippen LogP contribution >= 0.6 is 0 Å². The first-order chi connectivity index (χ1) is 9.17. The molecule has 3 atom stereocenters. The molecule has 19 heavy (non-hydrogen) atoms. The first-order valence-corrected chi connectivity index (χ1v) is 6.98. The molecule has 2 aliphatic rings. The molecule has 4 nitrogen and oxygen atoms in total. The Hall–Kier alpha value is -1.20. The van der Waals surface area contributed by atoms with Gasteiger partial charge in [0.25, 0.3) is 0 Å². The molecule has 104 valence electrons. The Labute approximate surface area is 113 Å². The van der Waals surface area contributed by atoms with Crippen molar-refractivity contribution >= 4 is 5.82 Å². The van der Waals surface area contributed by atoms with Gasteiger partial charge in [0, 0.05) is 36.8 Å². The molecule has 3 rings (SSSR count). The van der Waals surface area contributed by atoms with E-state index < -0.39 is 0 Å². The minimum atomic E-state index is -0.350. The van der Waals surface area contributed by atoms with Crippen molar-refractivity contribution in [3.8, 4) is 0 Å². The normalized spacial score (nSPS) is 30.5. The van der Waals surface area contributed by atoms with E-state index in [0.29, 0.717) is 13.1 Å². The highest BCUT2D eigenvalue weighted by atomic mass is 19.1. The van der Waals surface area contributed by atoms with E-state index in [4.69, 9.17) is 16.5 Å². The van der Waals surface area contributed by atoms with Crippen LogP contribution in [0.1, 0.15) is 17.7 Å². The monoisotopic (exact) mass is 264 g/mol. The number of hydrogen-bond donors (Lipinski definition) is 2. The van der Waals surface area contributed by atoms with Crippen LogP contribution in [0.15, 0.2) is 12.1 Å². The first-order valence-electron chi connectivity index (χ1n) is 6.98. The van der Waals surface area contributed by atoms with Crippen LogP contribution in [0.25, 0.3) is 0 Å². The van der Waals surface area contributed by atoms with E-state index in [1.165, 1.54) is 5.56 Å². The van der Waals surface area contributed by atoms with Crippen molar-refractivity contribution in [1.82, 2.24) is 4.98 Å². The Morgan fingerprint density at radius 3 is 2.89 bits per heavy atom. The van der Waals surface area contributed by atoms with E-state index in [-0.39, 0.29) is 24.7 Å². The van der Waals surface area contributed by atoms with Crippen LogP contribution in [-0.2, 0) is 12.8 Å². The van der Waals surface area contributed by atoms with Crippen molar-refractivity contribution in [1.29, 1.82) is 0 Å². The summed E-state index contributed by atoms with van der Waals surface area (Å²) in [6, 6.07) is 4.31. The summed E-state index contributed by atoms with van der Waals surface area (Å²) in [6.45, 7) is 1.01. The third-order valence-corrected chi connectivity index (χ3v) is 4.30. The van der Waals surface area contributed by atoms with Gasteiger partial charge in [-0.15, -0.1) is 0 Å². The van der Waals surface area contributed by atoms with Gasteiger partial charge in [-0.1, -0.05) is 6.07 Å². The van der Waals surface area contributed by atoms with Gasteiger partial charge in [0.1, 0.15) is 5.82 Å². The van der Waals surface area contributed by atoms with Crippen molar-refractivity contribution in [3.05, 3.63) is 23.4 Å². The molecule has 0 radical (unpaired) electrons. The third-order valence-electron chi connectivity index (χ3n) is 4.30. The summed E-state index contributed by atoms with van der Waals surface area (Å²) in [5, 5.41) is 0. The first kappa shape index (κ1) is 12.8. The lowest BCUT2D eigenvalue weighted by molar-refractivity contribution is 0.360. The summed E-state index contributed by atoms with van der Waals surface area (Å²) in [6.07, 6.45) is 2.85. The van der Waals surface area contributed by atoms with Gasteiger partial charge in [-0.05, 0) is 30.9 Å². The Balaban J connectivity index is 1.80. The zero-order valence-electron chi connectivity index (χ0n) is 11.1. The predicted molar refractivity (Wildman–Crippen MR) is 73.9 cm³/mol. The fraction of sp³-hybridized carbons (Fsp3) is 0.643. The minimum absolute atomic E-state index is 0.0637. The lowest BCUT2D eigenvalue weighted by Crippen LogP contribution is -2.31. The molecule has 0 bridgehead atoms. The molecule has 0 spiro atoms. The van der Waals surface area contributed by atoms with Gasteiger partial charge >= 0.3 is 0 Å². The molecular weight excluding hydrogens is 243 g/mol. The number of alkyl halides is 1. The molecule has 0 saturated carbocycles. The number of fused-ring (bicyclic) bond motifs is 1. The summed E-state index contributed by atoms with van der Waals surface area (Å²) >= 11 is 0. The van der Waals surface area contributed by atoms with Crippen LogP contribution in [0.2, 0.25) is 0 Å². The summed E-state index contributed by atoms with van der Waals surface area (Å²) in [7, 11) is 0. The molecule has 2 unspecified atom stereocenters. The van der Waals surface area contributed by atoms with Gasteiger partial charge in [0.15, 0.2) is 0 Å². The highest BCUT2D eigenvalue weighted by Gasteiger charge is 2.31. The Morgan fingerprint density at radius 1 is 1.32 bits per heavy atom. The van der Waals surface area contributed by atoms with Crippen LogP contribution in [0.3, 0.4) is 0 Å². The maximum absolute atomic E-state index is 12.8. The summed E-state index contributed by atoms with van der Waals surface area (Å²) in [4.78, 5) is 6.83. The average molecular weight is 264 g/mol. The number of anilines is 1. The number of hydrogen-bond acceptors (Lipinski definition) is 4. The number of aromatic nitrogens is 1. The zero-order valence-corrected chi connectivity index (χ0v) is 11.1. The molecule has 0 amide bonds. The topological polar surface area (TPSA) is 68.2 Å². The molecule has 5 heteroatoms. The van der Waals surface area contributed by atoms with E-state index in [9.17, 15) is 4.39 Å². The Morgan fingerprint density at radius 2 is 2.16 bits per heavy atom. The number of nitrogens with zero attached hydrogens (tertiary/aromatic N) is 2. The number of aryl methyl sites for hydroxylation is 1. The van der Waals surface area contributed by atoms with Gasteiger partial charge in [-0.25, -0.2) is 4.98 Å². The van der Waals surface area contributed by atoms with E-state index in [2.05, 4.69) is 11.0 Å². The van der Waals surface area contributed by atoms with E-state index in [1.54, 1.807) is 0 Å². The number of nitrogens with two attached hydrogens (primary N) is 2. The van der Waals surface area contributed by atoms with Gasteiger partial charge in [-0.2, -0.15) is 0 Å². The van der Waals surface area contributed by atoms with Crippen LogP contribution in [-0.4, -0.2) is 36.8 Å². The molecular formula is C14H21FN4. The van der Waals surface area contributed by atoms with Crippen molar-refractivity contribution in [2.75, 3.05) is 24.7 Å². The standard InChI is InChI=1S/C14H21FN4/c15-6-10-7-19(8-12(10)17)14-4-1-9-5-11(16)2-3-13(9)18-14/h1,4,10-12H,2-3,5-8,16-17H2/t10?,11-,12?/m0/s1. The summed E-state index contributed by atoms with van der Waals surface area (Å²) < 4.78 is 12.8. The van der Waals surface area contributed by atoms with Crippen molar-refractivity contribution in [3.63, 3.8) is 0 Å². The molecule has 1 aliphatic carbocycles. The fourth-order valence-corrected chi connectivity index (χ4v) is 3.05. The lowest BCUT2D eigenvalue weighted by atomic mass is 9.92. The highest BCUT2D eigenvalue weighted by molar-refractivity contribution is 5.44. The molecule has 1 saturated heterocycles. The summed E-state index contributed by atoms with van der Waals surface area (Å²) in [5.74, 6) is 0.867. The number of halogens is 1. The van der Waals surface area contributed by atoms with Crippen molar-refractivity contribution < 1.29 is 4.39 Å². The molecule has 1 fully saturated rings. The minimum Gasteiger partial charge on any atom is -0.355 e. The third kappa shape index (κ3) is 2.44. The number of pyridine rings is 1. The summed E-state index contributed by atoms with van der Waals surface area (Å²) in [5.41, 5.74) is 14.3. The molecule has 0 aromatic carbocycles. The SMILES string of the molecule is NC1CN(c2ccc3c(n2)CC[C@H](N)C3)CC1CF. The van der Waals surface area contributed by atoms with Crippen LogP contribution in [0.4, 0.5) is 10.2 Å². The van der Waals surface area contributed by atoms with E-state index in [1.807, 2.05) is 6.07 Å². The number of rotatable bonds is 2.